The lowest BCUT2D eigenvalue weighted by Crippen LogP contribution is -2.48. The average molecular weight is 380 g/mol. The van der Waals surface area contributed by atoms with Gasteiger partial charge in [-0.3, -0.25) is 9.69 Å². The monoisotopic (exact) mass is 380 g/mol. The summed E-state index contributed by atoms with van der Waals surface area (Å²) in [6, 6.07) is 15.0. The lowest BCUT2D eigenvalue weighted by molar-refractivity contribution is -0.126. The first-order valence-corrected chi connectivity index (χ1v) is 9.72. The van der Waals surface area contributed by atoms with E-state index in [0.29, 0.717) is 6.54 Å². The summed E-state index contributed by atoms with van der Waals surface area (Å²) in [5.41, 5.74) is 3.86. The highest BCUT2D eigenvalue weighted by atomic mass is 16.2. The smallest absolute Gasteiger partial charge is 0.323 e. The molecule has 0 aliphatic carbocycles. The average Bonchev–Trinajstić information content (AvgIpc) is 2.67. The largest absolute Gasteiger partial charge is 0.353 e. The second kappa shape index (κ2) is 8.89. The first-order valence-electron chi connectivity index (χ1n) is 9.72. The molecule has 3 amide bonds. The predicted octanol–water partition coefficient (Wildman–Crippen LogP) is 3.60. The molecule has 1 unspecified atom stereocenters. The minimum absolute atomic E-state index is 0.0509. The van der Waals surface area contributed by atoms with E-state index in [0.717, 1.165) is 35.5 Å². The van der Waals surface area contributed by atoms with Gasteiger partial charge in [-0.2, -0.15) is 0 Å². The summed E-state index contributed by atoms with van der Waals surface area (Å²) in [6.07, 6.45) is 0.788. The SMILES string of the molecule is CC(C)NC(=O)C(C)N1CCc2c(cccc2NC(=O)Nc2ccccc2)C1. The highest BCUT2D eigenvalue weighted by Gasteiger charge is 2.26. The third-order valence-corrected chi connectivity index (χ3v) is 4.93. The van der Waals surface area contributed by atoms with Crippen LogP contribution in [0.3, 0.4) is 0 Å². The minimum atomic E-state index is -0.258. The lowest BCUT2D eigenvalue weighted by Gasteiger charge is -2.34. The molecule has 0 radical (unpaired) electrons. The van der Waals surface area contributed by atoms with Crippen molar-refractivity contribution in [2.75, 3.05) is 17.2 Å². The maximum absolute atomic E-state index is 12.3. The van der Waals surface area contributed by atoms with Crippen LogP contribution in [0.4, 0.5) is 16.2 Å². The summed E-state index contributed by atoms with van der Waals surface area (Å²) in [7, 11) is 0. The molecule has 0 aromatic heterocycles. The second-order valence-electron chi connectivity index (χ2n) is 7.45. The van der Waals surface area contributed by atoms with Crippen LogP contribution in [0, 0.1) is 0 Å². The first-order chi connectivity index (χ1) is 13.4. The molecule has 1 heterocycles. The zero-order valence-electron chi connectivity index (χ0n) is 16.7. The van der Waals surface area contributed by atoms with Gasteiger partial charge in [-0.25, -0.2) is 4.79 Å². The minimum Gasteiger partial charge on any atom is -0.353 e. The van der Waals surface area contributed by atoms with Gasteiger partial charge in [-0.05, 0) is 56.5 Å². The molecular weight excluding hydrogens is 352 g/mol. The van der Waals surface area contributed by atoms with Crippen molar-refractivity contribution in [3.63, 3.8) is 0 Å². The highest BCUT2D eigenvalue weighted by molar-refractivity contribution is 6.00. The van der Waals surface area contributed by atoms with Gasteiger partial charge in [-0.1, -0.05) is 30.3 Å². The predicted molar refractivity (Wildman–Crippen MR) is 112 cm³/mol. The van der Waals surface area contributed by atoms with Crippen LogP contribution in [0.5, 0.6) is 0 Å². The van der Waals surface area contributed by atoms with E-state index in [1.54, 1.807) is 0 Å². The van der Waals surface area contributed by atoms with E-state index in [2.05, 4.69) is 26.9 Å². The van der Waals surface area contributed by atoms with E-state index in [9.17, 15) is 9.59 Å². The number of benzene rings is 2. The van der Waals surface area contributed by atoms with E-state index < -0.39 is 0 Å². The van der Waals surface area contributed by atoms with Gasteiger partial charge >= 0.3 is 6.03 Å². The van der Waals surface area contributed by atoms with Crippen LogP contribution in [-0.4, -0.2) is 35.5 Å². The van der Waals surface area contributed by atoms with Crippen molar-refractivity contribution in [3.05, 3.63) is 59.7 Å². The molecule has 0 saturated heterocycles. The van der Waals surface area contributed by atoms with Crippen molar-refractivity contribution >= 4 is 23.3 Å². The zero-order valence-corrected chi connectivity index (χ0v) is 16.7. The zero-order chi connectivity index (χ0) is 20.1. The number of hydrogen-bond acceptors (Lipinski definition) is 3. The van der Waals surface area contributed by atoms with Crippen molar-refractivity contribution < 1.29 is 9.59 Å². The van der Waals surface area contributed by atoms with Gasteiger partial charge < -0.3 is 16.0 Å². The van der Waals surface area contributed by atoms with Crippen molar-refractivity contribution in [2.45, 2.75) is 45.8 Å². The van der Waals surface area contributed by atoms with Crippen LogP contribution in [0.25, 0.3) is 0 Å². The molecule has 148 valence electrons. The number of nitrogens with zero attached hydrogens (tertiary/aromatic N) is 1. The Morgan fingerprint density at radius 1 is 0.964 bits per heavy atom. The van der Waals surface area contributed by atoms with Crippen LogP contribution in [0.2, 0.25) is 0 Å². The summed E-state index contributed by atoms with van der Waals surface area (Å²) in [6.45, 7) is 7.34. The Kier molecular flexibility index (Phi) is 6.31. The van der Waals surface area contributed by atoms with Gasteiger partial charge in [0.15, 0.2) is 0 Å². The molecule has 6 heteroatoms. The fourth-order valence-electron chi connectivity index (χ4n) is 3.46. The molecule has 3 rings (SSSR count). The van der Waals surface area contributed by atoms with Crippen LogP contribution in [-0.2, 0) is 17.8 Å². The van der Waals surface area contributed by atoms with Gasteiger partial charge in [0.25, 0.3) is 0 Å². The second-order valence-corrected chi connectivity index (χ2v) is 7.45. The number of carbonyl (C=O) groups is 2. The third kappa shape index (κ3) is 4.89. The fraction of sp³-hybridized carbons (Fsp3) is 0.364. The number of rotatable bonds is 5. The van der Waals surface area contributed by atoms with Gasteiger partial charge in [0.1, 0.15) is 0 Å². The Labute approximate surface area is 166 Å². The summed E-state index contributed by atoms with van der Waals surface area (Å²) in [4.78, 5) is 26.9. The maximum atomic E-state index is 12.3. The van der Waals surface area contributed by atoms with E-state index in [1.807, 2.05) is 63.2 Å². The van der Waals surface area contributed by atoms with Crippen LogP contribution in [0.15, 0.2) is 48.5 Å². The molecular formula is C22H28N4O2. The van der Waals surface area contributed by atoms with Crippen LogP contribution < -0.4 is 16.0 Å². The fourth-order valence-corrected chi connectivity index (χ4v) is 3.46. The maximum Gasteiger partial charge on any atom is 0.323 e. The van der Waals surface area contributed by atoms with Crippen molar-refractivity contribution in [1.29, 1.82) is 0 Å². The van der Waals surface area contributed by atoms with E-state index >= 15 is 0 Å². The summed E-state index contributed by atoms with van der Waals surface area (Å²) in [5, 5.41) is 8.79. The molecule has 0 spiro atoms. The Hall–Kier alpha value is -2.86. The molecule has 0 saturated carbocycles. The van der Waals surface area contributed by atoms with Crippen molar-refractivity contribution in [3.8, 4) is 0 Å². The number of fused-ring (bicyclic) bond motifs is 1. The topological polar surface area (TPSA) is 73.5 Å². The molecule has 28 heavy (non-hydrogen) atoms. The number of para-hydroxylation sites is 1. The number of nitrogens with one attached hydrogen (secondary N) is 3. The normalized spacial score (nSPS) is 14.9. The Balaban J connectivity index is 1.67. The lowest BCUT2D eigenvalue weighted by atomic mass is 9.96. The van der Waals surface area contributed by atoms with E-state index in [4.69, 9.17) is 0 Å². The standard InChI is InChI=1S/C22H28N4O2/c1-15(2)23-21(27)16(3)26-13-12-19-17(14-26)8-7-11-20(19)25-22(28)24-18-9-5-4-6-10-18/h4-11,15-16H,12-14H2,1-3H3,(H,23,27)(H2,24,25,28). The van der Waals surface area contributed by atoms with Crippen molar-refractivity contribution in [1.82, 2.24) is 10.2 Å². The van der Waals surface area contributed by atoms with Gasteiger partial charge in [0.05, 0.1) is 6.04 Å². The molecule has 0 bridgehead atoms. The Morgan fingerprint density at radius 3 is 2.43 bits per heavy atom. The molecule has 3 N–H and O–H groups in total. The quantitative estimate of drug-likeness (QED) is 0.742. The van der Waals surface area contributed by atoms with Gasteiger partial charge in [-0.15, -0.1) is 0 Å². The first kappa shape index (κ1) is 19.9. The highest BCUT2D eigenvalue weighted by Crippen LogP contribution is 2.27. The van der Waals surface area contributed by atoms with E-state index in [1.165, 1.54) is 0 Å². The van der Waals surface area contributed by atoms with Gasteiger partial charge in [0, 0.05) is 30.5 Å². The third-order valence-electron chi connectivity index (χ3n) is 4.93. The van der Waals surface area contributed by atoms with Crippen LogP contribution >= 0.6 is 0 Å². The van der Waals surface area contributed by atoms with Crippen LogP contribution in [0.1, 0.15) is 31.9 Å². The molecule has 2 aromatic carbocycles. The van der Waals surface area contributed by atoms with Crippen molar-refractivity contribution in [2.24, 2.45) is 0 Å². The summed E-state index contributed by atoms with van der Waals surface area (Å²) >= 11 is 0. The number of amides is 3. The van der Waals surface area contributed by atoms with Gasteiger partial charge in [0.2, 0.25) is 5.91 Å². The molecule has 1 atom stereocenters. The summed E-state index contributed by atoms with van der Waals surface area (Å²) < 4.78 is 0. The number of anilines is 2. The molecule has 1 aliphatic heterocycles. The summed E-state index contributed by atoms with van der Waals surface area (Å²) in [5.74, 6) is 0.0509. The number of carbonyl (C=O) groups excluding carboxylic acids is 2. The number of urea groups is 1. The number of hydrogen-bond donors (Lipinski definition) is 3. The Bertz CT molecular complexity index is 836. The molecule has 2 aromatic rings. The molecule has 6 nitrogen and oxygen atoms in total. The van der Waals surface area contributed by atoms with E-state index in [-0.39, 0.29) is 24.0 Å². The molecule has 1 aliphatic rings. The Morgan fingerprint density at radius 2 is 1.71 bits per heavy atom. The molecule has 0 fully saturated rings.